The summed E-state index contributed by atoms with van der Waals surface area (Å²) in [5, 5.41) is 0.856. The van der Waals surface area contributed by atoms with Gasteiger partial charge in [-0.05, 0) is 47.4 Å². The molecule has 1 saturated heterocycles. The number of ether oxygens (including phenoxy) is 1. The maximum Gasteiger partial charge on any atom is 0.286 e. The van der Waals surface area contributed by atoms with Gasteiger partial charge < -0.3 is 9.64 Å². The first-order valence-electron chi connectivity index (χ1n) is 11.9. The van der Waals surface area contributed by atoms with Crippen LogP contribution in [0.3, 0.4) is 0 Å². The molecule has 0 bridgehead atoms. The number of nitrogens with zero attached hydrogens (tertiary/aromatic N) is 1. The van der Waals surface area contributed by atoms with Crippen molar-refractivity contribution in [2.75, 3.05) is 13.7 Å². The Morgan fingerprint density at radius 3 is 2.38 bits per heavy atom. The fourth-order valence-electron chi connectivity index (χ4n) is 4.89. The van der Waals surface area contributed by atoms with E-state index in [1.165, 1.54) is 24.1 Å². The first-order chi connectivity index (χ1) is 17.4. The minimum atomic E-state index is -2.29. The molecule has 2 aliphatic heterocycles. The number of ketones is 1. The molecule has 2 atom stereocenters. The molecule has 4 rings (SSSR count). The molecule has 0 aliphatic carbocycles. The third kappa shape index (κ3) is 5.62. The first-order valence-corrected chi connectivity index (χ1v) is 16.3. The summed E-state index contributed by atoms with van der Waals surface area (Å²) < 4.78 is 35.0. The second-order valence-corrected chi connectivity index (χ2v) is 16.4. The van der Waals surface area contributed by atoms with Crippen LogP contribution in [-0.2, 0) is 27.2 Å². The van der Waals surface area contributed by atoms with Gasteiger partial charge in [-0.15, -0.1) is 0 Å². The molecule has 0 spiro atoms. The highest BCUT2D eigenvalue weighted by atomic mass is 32.2. The number of methoxy groups -OCH3 is 1. The van der Waals surface area contributed by atoms with Crippen LogP contribution in [0, 0.1) is 11.6 Å². The highest BCUT2D eigenvalue weighted by Crippen LogP contribution is 2.35. The number of Topliss-reactive ketones (excluding diaryl/α,β-unsaturated/α-hetero) is 1. The molecule has 0 radical (unpaired) electrons. The van der Waals surface area contributed by atoms with Crippen LogP contribution in [0.15, 0.2) is 30.3 Å². The number of rotatable bonds is 7. The normalized spacial score (nSPS) is 19.5. The standard InChI is InChI=1S/C26H28F2N2O5SSi/c1-35-16-5-6-17-15(12-16)7-8-30(22(32)13-21-25(33)29-26(34)36-21)23(17)20(31)11-14-9-18(27)24(19(28)10-14)37(2,3)4/h5-6,9-10,12,21,23H,7-8,11,13H2,1-4H3,(H,29,33,34)/t21?,23-/m1/s1. The third-order valence-corrected chi connectivity index (χ3v) is 9.52. The van der Waals surface area contributed by atoms with E-state index in [0.29, 0.717) is 17.7 Å². The Morgan fingerprint density at radius 2 is 1.81 bits per heavy atom. The lowest BCUT2D eigenvalue weighted by Gasteiger charge is -2.37. The van der Waals surface area contributed by atoms with Gasteiger partial charge in [0.05, 0.1) is 15.2 Å². The van der Waals surface area contributed by atoms with Gasteiger partial charge in [-0.2, -0.15) is 0 Å². The number of thioether (sulfide) groups is 1. The molecule has 2 heterocycles. The van der Waals surface area contributed by atoms with Gasteiger partial charge in [-0.25, -0.2) is 8.78 Å². The van der Waals surface area contributed by atoms with Crippen molar-refractivity contribution in [3.63, 3.8) is 0 Å². The van der Waals surface area contributed by atoms with E-state index in [4.69, 9.17) is 4.74 Å². The Hall–Kier alpha value is -3.05. The number of imide groups is 1. The van der Waals surface area contributed by atoms with E-state index in [2.05, 4.69) is 5.32 Å². The number of hydrogen-bond acceptors (Lipinski definition) is 6. The zero-order valence-electron chi connectivity index (χ0n) is 21.0. The van der Waals surface area contributed by atoms with Crippen molar-refractivity contribution in [1.82, 2.24) is 10.2 Å². The number of fused-ring (bicyclic) bond motifs is 1. The van der Waals surface area contributed by atoms with Gasteiger partial charge in [-0.3, -0.25) is 24.5 Å². The first kappa shape index (κ1) is 27.0. The van der Waals surface area contributed by atoms with Gasteiger partial charge in [0.15, 0.2) is 5.78 Å². The molecular formula is C26H28F2N2O5SSi. The van der Waals surface area contributed by atoms with E-state index in [-0.39, 0.29) is 30.1 Å². The molecular weight excluding hydrogens is 518 g/mol. The zero-order chi connectivity index (χ0) is 27.1. The van der Waals surface area contributed by atoms with E-state index in [1.807, 2.05) is 19.6 Å². The summed E-state index contributed by atoms with van der Waals surface area (Å²) in [5.41, 5.74) is 1.62. The van der Waals surface area contributed by atoms with Crippen LogP contribution in [0.25, 0.3) is 0 Å². The second-order valence-electron chi connectivity index (χ2n) is 10.2. The molecule has 11 heteroatoms. The lowest BCUT2D eigenvalue weighted by atomic mass is 9.87. The number of carbonyl (C=O) groups excluding carboxylic acids is 4. The number of halogens is 2. The maximum atomic E-state index is 14.9. The summed E-state index contributed by atoms with van der Waals surface area (Å²) in [6, 6.07) is 6.60. The Morgan fingerprint density at radius 1 is 1.14 bits per heavy atom. The Labute approximate surface area is 218 Å². The average Bonchev–Trinajstić information content (AvgIpc) is 3.12. The summed E-state index contributed by atoms with van der Waals surface area (Å²) in [6.07, 6.45) is -0.0677. The minimum Gasteiger partial charge on any atom is -0.497 e. The lowest BCUT2D eigenvalue weighted by molar-refractivity contribution is -0.141. The maximum absolute atomic E-state index is 14.9. The van der Waals surface area contributed by atoms with Crippen LogP contribution in [0.4, 0.5) is 13.6 Å². The monoisotopic (exact) mass is 546 g/mol. The quantitative estimate of drug-likeness (QED) is 0.535. The van der Waals surface area contributed by atoms with Gasteiger partial charge in [0.1, 0.15) is 28.7 Å². The third-order valence-electron chi connectivity index (χ3n) is 6.56. The van der Waals surface area contributed by atoms with E-state index in [1.54, 1.807) is 18.2 Å². The Bertz CT molecular complexity index is 1270. The Balaban J connectivity index is 1.66. The molecule has 2 aromatic carbocycles. The largest absolute Gasteiger partial charge is 0.497 e. The van der Waals surface area contributed by atoms with Gasteiger partial charge in [0.25, 0.3) is 5.24 Å². The molecule has 1 unspecified atom stereocenters. The van der Waals surface area contributed by atoms with Gasteiger partial charge >= 0.3 is 0 Å². The molecule has 0 aromatic heterocycles. The average molecular weight is 547 g/mol. The van der Waals surface area contributed by atoms with Crippen molar-refractivity contribution in [3.8, 4) is 5.75 Å². The van der Waals surface area contributed by atoms with Crippen molar-refractivity contribution in [2.45, 2.75) is 50.2 Å². The van der Waals surface area contributed by atoms with E-state index in [0.717, 1.165) is 17.3 Å². The van der Waals surface area contributed by atoms with Crippen LogP contribution < -0.4 is 15.2 Å². The summed E-state index contributed by atoms with van der Waals surface area (Å²) in [7, 11) is -0.757. The smallest absolute Gasteiger partial charge is 0.286 e. The van der Waals surface area contributed by atoms with Crippen molar-refractivity contribution in [1.29, 1.82) is 0 Å². The Kier molecular flexibility index (Phi) is 7.56. The number of carbonyl (C=O) groups is 4. The molecule has 1 fully saturated rings. The van der Waals surface area contributed by atoms with Gasteiger partial charge in [-0.1, -0.05) is 37.5 Å². The van der Waals surface area contributed by atoms with Gasteiger partial charge in [0, 0.05) is 24.6 Å². The molecule has 2 aliphatic rings. The SMILES string of the molecule is COc1ccc2c(c1)CCN(C(=O)CC1SC(=O)NC1=O)[C@H]2C(=O)Cc1cc(F)c([Si](C)(C)C)c(F)c1. The fourth-order valence-corrected chi connectivity index (χ4v) is 7.28. The predicted molar refractivity (Wildman–Crippen MR) is 139 cm³/mol. The second kappa shape index (κ2) is 10.4. The van der Waals surface area contributed by atoms with Crippen LogP contribution in [0.5, 0.6) is 5.75 Å². The fraction of sp³-hybridized carbons (Fsp3) is 0.385. The topological polar surface area (TPSA) is 92.8 Å². The number of amides is 3. The van der Waals surface area contributed by atoms with Crippen LogP contribution in [0.1, 0.15) is 29.2 Å². The zero-order valence-corrected chi connectivity index (χ0v) is 22.8. The molecule has 3 amide bonds. The molecule has 37 heavy (non-hydrogen) atoms. The molecule has 0 saturated carbocycles. The summed E-state index contributed by atoms with van der Waals surface area (Å²) in [6.45, 7) is 5.73. The number of benzene rings is 2. The van der Waals surface area contributed by atoms with Crippen LogP contribution in [-0.4, -0.2) is 54.7 Å². The molecule has 7 nitrogen and oxygen atoms in total. The van der Waals surface area contributed by atoms with E-state index >= 15 is 0 Å². The molecule has 2 aromatic rings. The highest BCUT2D eigenvalue weighted by molar-refractivity contribution is 8.15. The van der Waals surface area contributed by atoms with E-state index in [9.17, 15) is 28.0 Å². The van der Waals surface area contributed by atoms with Crippen molar-refractivity contribution < 1.29 is 32.7 Å². The number of hydrogen-bond donors (Lipinski definition) is 1. The summed E-state index contributed by atoms with van der Waals surface area (Å²) in [5.74, 6) is -2.13. The minimum absolute atomic E-state index is 0.0810. The highest BCUT2D eigenvalue weighted by Gasteiger charge is 2.40. The predicted octanol–water partition coefficient (Wildman–Crippen LogP) is 3.50. The van der Waals surface area contributed by atoms with Crippen molar-refractivity contribution >= 4 is 47.9 Å². The summed E-state index contributed by atoms with van der Waals surface area (Å²) in [4.78, 5) is 51.9. The van der Waals surface area contributed by atoms with Crippen molar-refractivity contribution in [3.05, 3.63) is 58.7 Å². The van der Waals surface area contributed by atoms with Crippen LogP contribution in [0.2, 0.25) is 19.6 Å². The lowest BCUT2D eigenvalue weighted by Crippen LogP contribution is -2.45. The van der Waals surface area contributed by atoms with E-state index < -0.39 is 53.8 Å². The summed E-state index contributed by atoms with van der Waals surface area (Å²) >= 11 is 0.747. The molecule has 196 valence electrons. The number of nitrogens with one attached hydrogen (secondary N) is 1. The van der Waals surface area contributed by atoms with Crippen LogP contribution >= 0.6 is 11.8 Å². The molecule has 1 N–H and O–H groups in total. The van der Waals surface area contributed by atoms with Gasteiger partial charge in [0.2, 0.25) is 11.8 Å². The van der Waals surface area contributed by atoms with Crippen molar-refractivity contribution in [2.24, 2.45) is 0 Å².